The molecule has 268 valence electrons. The molecule has 0 bridgehead atoms. The van der Waals surface area contributed by atoms with Gasteiger partial charge in [-0.05, 0) is 48.9 Å². The Hall–Kier alpha value is -4.49. The van der Waals surface area contributed by atoms with Crippen molar-refractivity contribution in [3.63, 3.8) is 0 Å². The highest BCUT2D eigenvalue weighted by molar-refractivity contribution is 5.88. The van der Waals surface area contributed by atoms with Crippen LogP contribution in [-0.4, -0.2) is 79.7 Å². The molecule has 0 unspecified atom stereocenters. The van der Waals surface area contributed by atoms with Gasteiger partial charge in [-0.3, -0.25) is 19.4 Å². The van der Waals surface area contributed by atoms with E-state index in [0.717, 1.165) is 79.7 Å². The number of carbonyl (C=O) groups is 2. The highest BCUT2D eigenvalue weighted by Gasteiger charge is 2.30. The number of hydrogen-bond donors (Lipinski definition) is 3. The first kappa shape index (κ1) is 35.3. The molecule has 2 amide bonds. The number of pyridine rings is 1. The van der Waals surface area contributed by atoms with Crippen LogP contribution in [0.25, 0.3) is 5.65 Å². The molecular formula is C37H50N8O5. The molecule has 3 N–H and O–H groups in total. The average molecular weight is 687 g/mol. The Labute approximate surface area is 293 Å². The molecule has 13 nitrogen and oxygen atoms in total. The topological polar surface area (TPSA) is 148 Å². The maximum atomic E-state index is 13.5. The molecular weight excluding hydrogens is 636 g/mol. The molecule has 2 aliphatic carbocycles. The summed E-state index contributed by atoms with van der Waals surface area (Å²) in [5.41, 5.74) is 3.86. The fraction of sp³-hybridized carbons (Fsp3) is 0.541. The second kappa shape index (κ2) is 16.0. The predicted octanol–water partition coefficient (Wildman–Crippen LogP) is 6.08. The molecule has 1 aliphatic heterocycles. The molecule has 50 heavy (non-hydrogen) atoms. The molecule has 3 aromatic heterocycles. The third-order valence-electron chi connectivity index (χ3n) is 9.91. The van der Waals surface area contributed by atoms with Crippen LogP contribution in [0.1, 0.15) is 106 Å². The van der Waals surface area contributed by atoms with Crippen LogP contribution in [0.2, 0.25) is 0 Å². The van der Waals surface area contributed by atoms with E-state index in [9.17, 15) is 4.79 Å². The number of aromatic nitrogens is 5. The molecule has 3 aliphatic rings. The van der Waals surface area contributed by atoms with Gasteiger partial charge in [0.1, 0.15) is 23.5 Å². The zero-order valence-corrected chi connectivity index (χ0v) is 29.4. The van der Waals surface area contributed by atoms with Gasteiger partial charge in [0.05, 0.1) is 37.7 Å². The van der Waals surface area contributed by atoms with Crippen LogP contribution in [-0.2, 0) is 21.5 Å². The van der Waals surface area contributed by atoms with Gasteiger partial charge in [-0.1, -0.05) is 64.3 Å². The second-order valence-corrected chi connectivity index (χ2v) is 14.4. The van der Waals surface area contributed by atoms with Gasteiger partial charge in [0.15, 0.2) is 5.65 Å². The monoisotopic (exact) mass is 686 g/mol. The van der Waals surface area contributed by atoms with Gasteiger partial charge in [-0.15, -0.1) is 10.2 Å². The Balaban J connectivity index is 0.00000139. The number of rotatable bonds is 8. The maximum Gasteiger partial charge on any atom is 0.320 e. The summed E-state index contributed by atoms with van der Waals surface area (Å²) in [6, 6.07) is 13.9. The maximum absolute atomic E-state index is 13.5. The van der Waals surface area contributed by atoms with Gasteiger partial charge >= 0.3 is 6.03 Å². The number of urea groups is 1. The average Bonchev–Trinajstić information content (AvgIpc) is 3.74. The first-order valence-corrected chi connectivity index (χ1v) is 17.9. The molecule has 1 saturated heterocycles. The lowest BCUT2D eigenvalue weighted by Gasteiger charge is -2.32. The number of amides is 2. The Kier molecular flexibility index (Phi) is 11.3. The Morgan fingerprint density at radius 1 is 1.00 bits per heavy atom. The summed E-state index contributed by atoms with van der Waals surface area (Å²) in [4.78, 5) is 24.2. The van der Waals surface area contributed by atoms with Crippen molar-refractivity contribution >= 4 is 24.0 Å². The van der Waals surface area contributed by atoms with Crippen LogP contribution < -0.4 is 15.4 Å². The molecule has 4 heterocycles. The van der Waals surface area contributed by atoms with Crippen molar-refractivity contribution in [2.75, 3.05) is 38.2 Å². The zero-order valence-electron chi connectivity index (χ0n) is 29.4. The number of ether oxygens (including phenoxy) is 2. The van der Waals surface area contributed by atoms with E-state index in [1.54, 1.807) is 0 Å². The van der Waals surface area contributed by atoms with E-state index in [1.165, 1.54) is 32.1 Å². The molecule has 2 atom stereocenters. The van der Waals surface area contributed by atoms with E-state index >= 15 is 0 Å². The number of morpholine rings is 1. The van der Waals surface area contributed by atoms with Crippen molar-refractivity contribution in [1.82, 2.24) is 34.6 Å². The van der Waals surface area contributed by atoms with Gasteiger partial charge in [-0.2, -0.15) is 5.10 Å². The highest BCUT2D eigenvalue weighted by atomic mass is 16.5. The zero-order chi connectivity index (χ0) is 35.1. The molecule has 13 heteroatoms. The fourth-order valence-corrected chi connectivity index (χ4v) is 7.21. The number of carbonyl (C=O) groups excluding carboxylic acids is 1. The van der Waals surface area contributed by atoms with E-state index in [1.807, 2.05) is 41.2 Å². The van der Waals surface area contributed by atoms with E-state index in [4.69, 9.17) is 24.5 Å². The van der Waals surface area contributed by atoms with Crippen molar-refractivity contribution in [2.45, 2.75) is 95.7 Å². The minimum absolute atomic E-state index is 0.115. The summed E-state index contributed by atoms with van der Waals surface area (Å²) in [5.74, 6) is 3.01. The van der Waals surface area contributed by atoms with Crippen molar-refractivity contribution in [3.8, 4) is 5.75 Å². The van der Waals surface area contributed by atoms with Crippen LogP contribution in [0.3, 0.4) is 0 Å². The van der Waals surface area contributed by atoms with Gasteiger partial charge in [0.25, 0.3) is 6.47 Å². The lowest BCUT2D eigenvalue weighted by molar-refractivity contribution is -0.122. The lowest BCUT2D eigenvalue weighted by atomic mass is 9.85. The lowest BCUT2D eigenvalue weighted by Crippen LogP contribution is -2.39. The normalized spacial score (nSPS) is 20.0. The molecule has 0 radical (unpaired) electrons. The van der Waals surface area contributed by atoms with E-state index < -0.39 is 0 Å². The highest BCUT2D eigenvalue weighted by Crippen LogP contribution is 2.39. The van der Waals surface area contributed by atoms with Gasteiger partial charge in [0, 0.05) is 37.0 Å². The van der Waals surface area contributed by atoms with Crippen molar-refractivity contribution in [2.24, 2.45) is 0 Å². The largest absolute Gasteiger partial charge is 0.484 e. The summed E-state index contributed by atoms with van der Waals surface area (Å²) < 4.78 is 16.2. The molecule has 0 spiro atoms. The van der Waals surface area contributed by atoms with Crippen molar-refractivity contribution < 1.29 is 24.2 Å². The molecule has 1 aromatic carbocycles. The van der Waals surface area contributed by atoms with E-state index in [0.29, 0.717) is 18.3 Å². The number of benzene rings is 1. The molecule has 4 aromatic rings. The van der Waals surface area contributed by atoms with E-state index in [2.05, 4.69) is 63.0 Å². The number of hydrogen-bond acceptors (Lipinski definition) is 8. The van der Waals surface area contributed by atoms with Gasteiger partial charge < -0.3 is 19.9 Å². The third kappa shape index (κ3) is 8.44. The predicted molar refractivity (Wildman–Crippen MR) is 190 cm³/mol. The minimum Gasteiger partial charge on any atom is -0.484 e. The van der Waals surface area contributed by atoms with Crippen LogP contribution in [0, 0.1) is 0 Å². The van der Waals surface area contributed by atoms with Crippen molar-refractivity contribution in [3.05, 3.63) is 71.3 Å². The van der Waals surface area contributed by atoms with Gasteiger partial charge in [-0.25, -0.2) is 9.48 Å². The molecule has 2 fully saturated rings. The SMILES string of the molecule is CC(C)(C)c1cc(NC(=O)N[C@H]2CC[C@@H](Oc3ccc4nnc(C5CCCCC5)n4c3)c3ccccc32)n(CCN2CCOCC2)n1.O=CO. The van der Waals surface area contributed by atoms with Crippen LogP contribution >= 0.6 is 0 Å². The number of carboxylic acid groups (broad SMARTS) is 1. The number of nitrogens with zero attached hydrogens (tertiary/aromatic N) is 6. The number of anilines is 1. The minimum atomic E-state index is -0.250. The van der Waals surface area contributed by atoms with Crippen LogP contribution in [0.4, 0.5) is 10.6 Å². The number of nitrogens with one attached hydrogen (secondary N) is 2. The van der Waals surface area contributed by atoms with Crippen LogP contribution in [0.5, 0.6) is 5.75 Å². The fourth-order valence-electron chi connectivity index (χ4n) is 7.21. The standard InChI is InChI=1S/C36H48N8O3.CH2O2/c1-36(2,3)31-23-33(44(41-31)18-17-42-19-21-46-22-20-42)38-35(45)37-29-14-15-30(28-12-8-7-11-27(28)29)47-26-13-16-32-39-40-34(43(32)24-26)25-9-5-4-6-10-25;2-1-3/h7-8,11-13,16,23-25,29-30H,4-6,9-10,14-15,17-22H2,1-3H3,(H2,37,38,45);1H,(H,2,3)/t29-,30+;/m0./s1. The summed E-state index contributed by atoms with van der Waals surface area (Å²) in [7, 11) is 0. The second-order valence-electron chi connectivity index (χ2n) is 14.4. The Bertz CT molecular complexity index is 1740. The summed E-state index contributed by atoms with van der Waals surface area (Å²) >= 11 is 0. The van der Waals surface area contributed by atoms with Crippen molar-refractivity contribution in [1.29, 1.82) is 0 Å². The summed E-state index contributed by atoms with van der Waals surface area (Å²) in [6.07, 6.45) is 9.61. The quantitative estimate of drug-likeness (QED) is 0.188. The third-order valence-corrected chi connectivity index (χ3v) is 9.91. The Morgan fingerprint density at radius 2 is 1.74 bits per heavy atom. The van der Waals surface area contributed by atoms with Crippen LogP contribution in [0.15, 0.2) is 48.7 Å². The van der Waals surface area contributed by atoms with E-state index in [-0.39, 0.29) is 30.1 Å². The summed E-state index contributed by atoms with van der Waals surface area (Å²) in [5, 5.41) is 27.2. The smallest absolute Gasteiger partial charge is 0.320 e. The Morgan fingerprint density at radius 3 is 2.48 bits per heavy atom. The van der Waals surface area contributed by atoms with Gasteiger partial charge in [0.2, 0.25) is 0 Å². The molecule has 1 saturated carbocycles. The molecule has 7 rings (SSSR count). The number of fused-ring (bicyclic) bond motifs is 2. The first-order chi connectivity index (χ1) is 24.2. The summed E-state index contributed by atoms with van der Waals surface area (Å²) in [6.45, 7) is 11.1. The first-order valence-electron chi connectivity index (χ1n) is 17.9.